The summed E-state index contributed by atoms with van der Waals surface area (Å²) in [6, 6.07) is 3.63. The third kappa shape index (κ3) is 2.30. The predicted molar refractivity (Wildman–Crippen MR) is 50.9 cm³/mol. The van der Waals surface area contributed by atoms with Gasteiger partial charge < -0.3 is 5.32 Å². The number of amides is 1. The first kappa shape index (κ1) is 9.19. The molecule has 1 N–H and O–H groups in total. The second-order valence-corrected chi connectivity index (χ2v) is 3.09. The van der Waals surface area contributed by atoms with Crippen molar-refractivity contribution in [1.82, 2.24) is 4.98 Å². The molecular weight excluding hydrogens is 220 g/mol. The molecule has 0 spiro atoms. The van der Waals surface area contributed by atoms with E-state index in [4.69, 9.17) is 0 Å². The van der Waals surface area contributed by atoms with Gasteiger partial charge in [0.15, 0.2) is 0 Å². The van der Waals surface area contributed by atoms with Crippen molar-refractivity contribution in [3.05, 3.63) is 22.8 Å². The lowest BCUT2D eigenvalue weighted by Gasteiger charge is -2.03. The number of carbonyl (C=O) groups is 1. The van der Waals surface area contributed by atoms with Crippen LogP contribution in [0.1, 0.15) is 13.3 Å². The number of carbonyl (C=O) groups excluding carboxylic acids is 1. The van der Waals surface area contributed by atoms with Gasteiger partial charge in [-0.1, -0.05) is 6.92 Å². The number of rotatable bonds is 2. The first-order chi connectivity index (χ1) is 5.74. The Kier molecular flexibility index (Phi) is 3.22. The summed E-state index contributed by atoms with van der Waals surface area (Å²) in [6.45, 7) is 1.80. The van der Waals surface area contributed by atoms with E-state index in [0.29, 0.717) is 12.2 Å². The van der Waals surface area contributed by atoms with Crippen molar-refractivity contribution in [3.63, 3.8) is 0 Å². The van der Waals surface area contributed by atoms with Gasteiger partial charge in [0.2, 0.25) is 5.91 Å². The van der Waals surface area contributed by atoms with Crippen LogP contribution in [-0.4, -0.2) is 10.9 Å². The number of anilines is 1. The summed E-state index contributed by atoms with van der Waals surface area (Å²) in [5.74, 6) is 0.541. The molecule has 0 radical (unpaired) electrons. The zero-order chi connectivity index (χ0) is 8.97. The van der Waals surface area contributed by atoms with E-state index in [2.05, 4.69) is 26.2 Å². The number of aromatic nitrogens is 1. The van der Waals surface area contributed by atoms with Gasteiger partial charge in [-0.3, -0.25) is 4.79 Å². The minimum Gasteiger partial charge on any atom is -0.310 e. The molecule has 0 bridgehead atoms. The molecule has 0 aliphatic carbocycles. The van der Waals surface area contributed by atoms with E-state index in [1.807, 2.05) is 6.07 Å². The van der Waals surface area contributed by atoms with E-state index in [1.165, 1.54) is 0 Å². The lowest BCUT2D eigenvalue weighted by molar-refractivity contribution is -0.115. The second-order valence-electron chi connectivity index (χ2n) is 2.24. The van der Waals surface area contributed by atoms with Gasteiger partial charge in [0.1, 0.15) is 5.82 Å². The van der Waals surface area contributed by atoms with Crippen molar-refractivity contribution in [3.8, 4) is 0 Å². The zero-order valence-electron chi connectivity index (χ0n) is 6.67. The highest BCUT2D eigenvalue weighted by Gasteiger charge is 2.02. The SMILES string of the molecule is CCC(=O)Nc1ncccc1Br. The van der Waals surface area contributed by atoms with Crippen LogP contribution in [0.25, 0.3) is 0 Å². The fourth-order valence-corrected chi connectivity index (χ4v) is 1.05. The van der Waals surface area contributed by atoms with Crippen LogP contribution >= 0.6 is 15.9 Å². The third-order valence-electron chi connectivity index (χ3n) is 1.34. The minimum absolute atomic E-state index is 0.0330. The molecule has 0 atom stereocenters. The molecular formula is C8H9BrN2O. The Morgan fingerprint density at radius 1 is 1.75 bits per heavy atom. The molecule has 1 rings (SSSR count). The molecule has 0 fully saturated rings. The van der Waals surface area contributed by atoms with Crippen molar-refractivity contribution < 1.29 is 4.79 Å². The molecule has 3 nitrogen and oxygen atoms in total. The fraction of sp³-hybridized carbons (Fsp3) is 0.250. The molecule has 1 aromatic heterocycles. The minimum atomic E-state index is -0.0330. The molecule has 12 heavy (non-hydrogen) atoms. The quantitative estimate of drug-likeness (QED) is 0.844. The standard InChI is InChI=1S/C8H9BrN2O/c1-2-7(12)11-8-6(9)4-3-5-10-8/h3-5H,2H2,1H3,(H,10,11,12). The highest BCUT2D eigenvalue weighted by atomic mass is 79.9. The van der Waals surface area contributed by atoms with Crippen LogP contribution in [-0.2, 0) is 4.79 Å². The highest BCUT2D eigenvalue weighted by molar-refractivity contribution is 9.10. The Balaban J connectivity index is 2.75. The second kappa shape index (κ2) is 4.21. The van der Waals surface area contributed by atoms with Gasteiger partial charge in [-0.25, -0.2) is 4.98 Å². The maximum absolute atomic E-state index is 11.0. The van der Waals surface area contributed by atoms with Gasteiger partial charge in [0.25, 0.3) is 0 Å². The van der Waals surface area contributed by atoms with Crippen molar-refractivity contribution in [1.29, 1.82) is 0 Å². The lowest BCUT2D eigenvalue weighted by Crippen LogP contribution is -2.10. The van der Waals surface area contributed by atoms with Crippen LogP contribution in [0.15, 0.2) is 22.8 Å². The number of hydrogen-bond donors (Lipinski definition) is 1. The summed E-state index contributed by atoms with van der Waals surface area (Å²) in [5, 5.41) is 2.66. The van der Waals surface area contributed by atoms with Crippen molar-refractivity contribution in [2.75, 3.05) is 5.32 Å². The average Bonchev–Trinajstić information content (AvgIpc) is 2.09. The normalized spacial score (nSPS) is 9.50. The molecule has 1 aromatic rings. The fourth-order valence-electron chi connectivity index (χ4n) is 0.698. The maximum Gasteiger partial charge on any atom is 0.225 e. The largest absolute Gasteiger partial charge is 0.310 e. The Labute approximate surface area is 79.3 Å². The first-order valence-corrected chi connectivity index (χ1v) is 4.43. The monoisotopic (exact) mass is 228 g/mol. The van der Waals surface area contributed by atoms with E-state index >= 15 is 0 Å². The maximum atomic E-state index is 11.0. The Bertz CT molecular complexity index is 288. The summed E-state index contributed by atoms with van der Waals surface area (Å²) < 4.78 is 0.798. The smallest absolute Gasteiger partial charge is 0.225 e. The summed E-state index contributed by atoms with van der Waals surface area (Å²) >= 11 is 3.28. The molecule has 0 saturated carbocycles. The number of halogens is 1. The molecule has 0 saturated heterocycles. The Hall–Kier alpha value is -0.900. The van der Waals surface area contributed by atoms with Crippen molar-refractivity contribution in [2.45, 2.75) is 13.3 Å². The van der Waals surface area contributed by atoms with E-state index < -0.39 is 0 Å². The molecule has 0 aliphatic heterocycles. The van der Waals surface area contributed by atoms with Gasteiger partial charge in [0.05, 0.1) is 4.47 Å². The summed E-state index contributed by atoms with van der Waals surface area (Å²) in [6.07, 6.45) is 2.10. The van der Waals surface area contributed by atoms with Crippen LogP contribution in [0, 0.1) is 0 Å². The van der Waals surface area contributed by atoms with E-state index in [1.54, 1.807) is 19.2 Å². The average molecular weight is 229 g/mol. The van der Waals surface area contributed by atoms with E-state index in [9.17, 15) is 4.79 Å². The summed E-state index contributed by atoms with van der Waals surface area (Å²) in [4.78, 5) is 14.9. The van der Waals surface area contributed by atoms with Crippen molar-refractivity contribution in [2.24, 2.45) is 0 Å². The molecule has 0 unspecified atom stereocenters. The van der Waals surface area contributed by atoms with Gasteiger partial charge in [-0.05, 0) is 28.1 Å². The van der Waals surface area contributed by atoms with E-state index in [0.717, 1.165) is 4.47 Å². The van der Waals surface area contributed by atoms with Crippen LogP contribution in [0.4, 0.5) is 5.82 Å². The first-order valence-electron chi connectivity index (χ1n) is 3.64. The van der Waals surface area contributed by atoms with Crippen molar-refractivity contribution >= 4 is 27.7 Å². The zero-order valence-corrected chi connectivity index (χ0v) is 8.26. The molecule has 1 amide bonds. The molecule has 1 heterocycles. The third-order valence-corrected chi connectivity index (χ3v) is 1.98. The Morgan fingerprint density at radius 2 is 2.50 bits per heavy atom. The van der Waals surface area contributed by atoms with Crippen LogP contribution in [0.3, 0.4) is 0 Å². The van der Waals surface area contributed by atoms with Gasteiger partial charge in [0, 0.05) is 12.6 Å². The number of pyridine rings is 1. The highest BCUT2D eigenvalue weighted by Crippen LogP contribution is 2.17. The van der Waals surface area contributed by atoms with Crippen LogP contribution < -0.4 is 5.32 Å². The molecule has 4 heteroatoms. The summed E-state index contributed by atoms with van der Waals surface area (Å²) in [7, 11) is 0. The summed E-state index contributed by atoms with van der Waals surface area (Å²) in [5.41, 5.74) is 0. The van der Waals surface area contributed by atoms with Crippen LogP contribution in [0.5, 0.6) is 0 Å². The lowest BCUT2D eigenvalue weighted by atomic mass is 10.4. The van der Waals surface area contributed by atoms with E-state index in [-0.39, 0.29) is 5.91 Å². The Morgan fingerprint density at radius 3 is 3.08 bits per heavy atom. The molecule has 64 valence electrons. The predicted octanol–water partition coefficient (Wildman–Crippen LogP) is 2.19. The number of nitrogens with zero attached hydrogens (tertiary/aromatic N) is 1. The van der Waals surface area contributed by atoms with Gasteiger partial charge >= 0.3 is 0 Å². The number of nitrogens with one attached hydrogen (secondary N) is 1. The molecule has 0 aromatic carbocycles. The van der Waals surface area contributed by atoms with Crippen LogP contribution in [0.2, 0.25) is 0 Å². The van der Waals surface area contributed by atoms with Gasteiger partial charge in [-0.15, -0.1) is 0 Å². The number of hydrogen-bond acceptors (Lipinski definition) is 2. The molecule has 0 aliphatic rings. The van der Waals surface area contributed by atoms with Gasteiger partial charge in [-0.2, -0.15) is 0 Å². The topological polar surface area (TPSA) is 42.0 Å².